The van der Waals surface area contributed by atoms with Crippen molar-refractivity contribution >= 4 is 34.8 Å². The monoisotopic (exact) mass is 461 g/mol. The largest absolute Gasteiger partial charge is 0.390 e. The maximum atomic E-state index is 13.1. The van der Waals surface area contributed by atoms with Gasteiger partial charge in [0.1, 0.15) is 23.9 Å². The molecule has 31 heavy (non-hydrogen) atoms. The summed E-state index contributed by atoms with van der Waals surface area (Å²) in [5.74, 6) is -0.119. The summed E-state index contributed by atoms with van der Waals surface area (Å²) in [7, 11) is 0. The first-order chi connectivity index (χ1) is 14.8. The molecule has 1 aromatic carbocycles. The van der Waals surface area contributed by atoms with Gasteiger partial charge in [-0.3, -0.25) is 9.48 Å². The second kappa shape index (κ2) is 8.92. The van der Waals surface area contributed by atoms with Gasteiger partial charge in [-0.25, -0.2) is 9.97 Å². The fraction of sp³-hybridized carbons (Fsp3) is 0.333. The number of ketones is 1. The number of aliphatic hydroxyl groups excluding tert-OH is 2. The van der Waals surface area contributed by atoms with E-state index in [-0.39, 0.29) is 23.0 Å². The van der Waals surface area contributed by atoms with Crippen molar-refractivity contribution in [2.75, 3.05) is 5.32 Å². The van der Waals surface area contributed by atoms with Crippen LogP contribution in [0.3, 0.4) is 0 Å². The fourth-order valence-electron chi connectivity index (χ4n) is 3.72. The van der Waals surface area contributed by atoms with Gasteiger partial charge in [0.15, 0.2) is 0 Å². The van der Waals surface area contributed by atoms with Crippen LogP contribution in [0.15, 0.2) is 43.0 Å². The van der Waals surface area contributed by atoms with Crippen LogP contribution in [-0.2, 0) is 6.54 Å². The van der Waals surface area contributed by atoms with E-state index in [1.807, 2.05) is 13.0 Å². The zero-order valence-corrected chi connectivity index (χ0v) is 18.1. The van der Waals surface area contributed by atoms with Crippen LogP contribution in [0.4, 0.5) is 5.82 Å². The van der Waals surface area contributed by atoms with Gasteiger partial charge in [-0.1, -0.05) is 36.2 Å². The summed E-state index contributed by atoms with van der Waals surface area (Å²) >= 11 is 12.0. The number of hydrogen-bond donors (Lipinski definition) is 3. The van der Waals surface area contributed by atoms with E-state index in [0.29, 0.717) is 28.8 Å². The molecule has 3 aromatic rings. The summed E-state index contributed by atoms with van der Waals surface area (Å²) in [4.78, 5) is 21.2. The van der Waals surface area contributed by atoms with Crippen molar-refractivity contribution in [1.29, 1.82) is 0 Å². The second-order valence-corrected chi connectivity index (χ2v) is 8.52. The molecule has 0 saturated heterocycles. The summed E-state index contributed by atoms with van der Waals surface area (Å²) < 4.78 is 1.63. The molecule has 162 valence electrons. The Balaban J connectivity index is 1.52. The molecule has 10 heteroatoms. The molecular formula is C21H21Cl2N5O3. The van der Waals surface area contributed by atoms with E-state index in [2.05, 4.69) is 20.4 Å². The lowest BCUT2D eigenvalue weighted by Crippen LogP contribution is -2.35. The summed E-state index contributed by atoms with van der Waals surface area (Å²) in [5.41, 5.74) is 1.37. The van der Waals surface area contributed by atoms with Gasteiger partial charge in [0.25, 0.3) is 0 Å². The van der Waals surface area contributed by atoms with Crippen LogP contribution in [0.25, 0.3) is 0 Å². The van der Waals surface area contributed by atoms with Crippen molar-refractivity contribution in [3.05, 3.63) is 69.9 Å². The van der Waals surface area contributed by atoms with Gasteiger partial charge in [-0.05, 0) is 36.1 Å². The van der Waals surface area contributed by atoms with E-state index in [0.717, 1.165) is 5.56 Å². The van der Waals surface area contributed by atoms with Gasteiger partial charge in [-0.2, -0.15) is 5.10 Å². The quantitative estimate of drug-likeness (QED) is 0.483. The molecule has 0 unspecified atom stereocenters. The molecule has 1 aliphatic rings. The number of carbonyl (C=O) groups excluding carboxylic acids is 1. The average Bonchev–Trinajstić information content (AvgIpc) is 3.31. The Labute approximate surface area is 188 Å². The third-order valence-corrected chi connectivity index (χ3v) is 6.19. The van der Waals surface area contributed by atoms with E-state index in [4.69, 9.17) is 23.2 Å². The number of nitrogens with one attached hydrogen (secondary N) is 1. The molecule has 2 aromatic heterocycles. The molecule has 1 aliphatic carbocycles. The maximum absolute atomic E-state index is 13.1. The van der Waals surface area contributed by atoms with Gasteiger partial charge in [0.2, 0.25) is 5.78 Å². The topological polar surface area (TPSA) is 113 Å². The van der Waals surface area contributed by atoms with E-state index in [1.165, 1.54) is 12.5 Å². The number of nitrogens with zero attached hydrogens (tertiary/aromatic N) is 4. The number of benzene rings is 1. The molecule has 2 heterocycles. The first-order valence-electron chi connectivity index (χ1n) is 9.78. The number of aromatic nitrogens is 4. The smallest absolute Gasteiger partial charge is 0.218 e. The Bertz CT molecular complexity index is 1110. The van der Waals surface area contributed by atoms with E-state index >= 15 is 0 Å². The number of carbonyl (C=O) groups is 1. The Kier molecular flexibility index (Phi) is 6.24. The number of rotatable bonds is 6. The summed E-state index contributed by atoms with van der Waals surface area (Å²) in [6.07, 6.45) is 3.22. The van der Waals surface area contributed by atoms with Gasteiger partial charge >= 0.3 is 0 Å². The molecule has 0 bridgehead atoms. The molecular weight excluding hydrogens is 441 g/mol. The molecule has 0 spiro atoms. The van der Waals surface area contributed by atoms with E-state index in [9.17, 15) is 15.0 Å². The molecule has 0 radical (unpaired) electrons. The van der Waals surface area contributed by atoms with Crippen molar-refractivity contribution in [2.45, 2.75) is 38.1 Å². The van der Waals surface area contributed by atoms with Crippen LogP contribution in [-0.4, -0.2) is 54.0 Å². The average molecular weight is 462 g/mol. The van der Waals surface area contributed by atoms with Crippen LogP contribution in [0.2, 0.25) is 10.0 Å². The van der Waals surface area contributed by atoms with Crippen LogP contribution >= 0.6 is 23.2 Å². The predicted octanol–water partition coefficient (Wildman–Crippen LogP) is 2.80. The lowest BCUT2D eigenvalue weighted by atomic mass is 10.1. The zero-order valence-electron chi connectivity index (χ0n) is 16.6. The molecule has 1 fully saturated rings. The predicted molar refractivity (Wildman–Crippen MR) is 116 cm³/mol. The fourth-order valence-corrected chi connectivity index (χ4v) is 4.04. The molecule has 3 N–H and O–H groups in total. The molecule has 8 nitrogen and oxygen atoms in total. The Morgan fingerprint density at radius 2 is 2.03 bits per heavy atom. The lowest BCUT2D eigenvalue weighted by Gasteiger charge is -2.19. The second-order valence-electron chi connectivity index (χ2n) is 7.71. The van der Waals surface area contributed by atoms with Crippen molar-refractivity contribution in [1.82, 2.24) is 19.7 Å². The van der Waals surface area contributed by atoms with Crippen LogP contribution in [0, 0.1) is 5.92 Å². The summed E-state index contributed by atoms with van der Waals surface area (Å²) in [5, 5.41) is 28.6. The minimum absolute atomic E-state index is 0.0643. The van der Waals surface area contributed by atoms with E-state index in [1.54, 1.807) is 29.1 Å². The standard InChI is InChI=1S/C21H21Cl2N5O3/c1-11-6-17(20(31)18(11)29)26-21-13(8-24-10-25-21)19(30)16-4-5-28(27-16)9-12-2-3-14(22)15(23)7-12/h2-5,7-8,10-11,17-18,20,29,31H,6,9H2,1H3,(H,24,25,26)/t11-,17-,18-,20+/m1/s1. The van der Waals surface area contributed by atoms with Gasteiger partial charge in [-0.15, -0.1) is 0 Å². The minimum atomic E-state index is -0.946. The van der Waals surface area contributed by atoms with Crippen LogP contribution in [0.1, 0.15) is 35.0 Å². The van der Waals surface area contributed by atoms with Crippen molar-refractivity contribution in [3.8, 4) is 0 Å². The highest BCUT2D eigenvalue weighted by molar-refractivity contribution is 6.42. The molecule has 1 saturated carbocycles. The number of anilines is 1. The summed E-state index contributed by atoms with van der Waals surface area (Å²) in [6.45, 7) is 2.28. The lowest BCUT2D eigenvalue weighted by molar-refractivity contribution is 0.0210. The number of aliphatic hydroxyl groups is 2. The normalized spacial score (nSPS) is 23.1. The van der Waals surface area contributed by atoms with Crippen LogP contribution < -0.4 is 5.32 Å². The first-order valence-corrected chi connectivity index (χ1v) is 10.5. The van der Waals surface area contributed by atoms with Crippen LogP contribution in [0.5, 0.6) is 0 Å². The van der Waals surface area contributed by atoms with Crippen molar-refractivity contribution in [3.63, 3.8) is 0 Å². The van der Waals surface area contributed by atoms with Crippen molar-refractivity contribution < 1.29 is 15.0 Å². The maximum Gasteiger partial charge on any atom is 0.218 e. The van der Waals surface area contributed by atoms with Gasteiger partial charge in [0.05, 0.1) is 34.3 Å². The molecule has 0 aliphatic heterocycles. The van der Waals surface area contributed by atoms with Crippen molar-refractivity contribution in [2.24, 2.45) is 5.92 Å². The van der Waals surface area contributed by atoms with Gasteiger partial charge < -0.3 is 15.5 Å². The Morgan fingerprint density at radius 1 is 1.23 bits per heavy atom. The van der Waals surface area contributed by atoms with Gasteiger partial charge in [0, 0.05) is 12.4 Å². The molecule has 0 amide bonds. The highest BCUT2D eigenvalue weighted by atomic mass is 35.5. The Morgan fingerprint density at radius 3 is 2.74 bits per heavy atom. The number of halogens is 2. The highest BCUT2D eigenvalue weighted by Gasteiger charge is 2.39. The highest BCUT2D eigenvalue weighted by Crippen LogP contribution is 2.29. The summed E-state index contributed by atoms with van der Waals surface area (Å²) in [6, 6.07) is 6.50. The zero-order chi connectivity index (χ0) is 22.1. The molecule has 4 atom stereocenters. The minimum Gasteiger partial charge on any atom is -0.390 e. The first kappa shape index (κ1) is 21.7. The SMILES string of the molecule is C[C@@H]1C[C@@H](Nc2ncncc2C(=O)c2ccn(Cc3ccc(Cl)c(Cl)c3)n2)[C@H](O)[C@@H]1O. The third kappa shape index (κ3) is 4.57. The Hall–Kier alpha value is -2.52. The number of hydrogen-bond acceptors (Lipinski definition) is 7. The van der Waals surface area contributed by atoms with E-state index < -0.39 is 18.2 Å². The third-order valence-electron chi connectivity index (χ3n) is 5.45. The molecule has 4 rings (SSSR count).